The van der Waals surface area contributed by atoms with E-state index in [0.29, 0.717) is 22.3 Å². The van der Waals surface area contributed by atoms with Crippen LogP contribution in [0.1, 0.15) is 72.4 Å². The molecular weight excluding hydrogens is 448 g/mol. The fourth-order valence-corrected chi connectivity index (χ4v) is 4.96. The number of hydrogen-bond acceptors (Lipinski definition) is 4. The van der Waals surface area contributed by atoms with E-state index >= 15 is 0 Å². The van der Waals surface area contributed by atoms with Crippen molar-refractivity contribution in [1.82, 2.24) is 0 Å². The van der Waals surface area contributed by atoms with E-state index in [-0.39, 0.29) is 11.6 Å². The maximum atomic E-state index is 13.6. The van der Waals surface area contributed by atoms with Crippen LogP contribution in [0.4, 0.5) is 11.4 Å². The van der Waals surface area contributed by atoms with Crippen molar-refractivity contribution in [3.8, 4) is 0 Å². The fourth-order valence-electron chi connectivity index (χ4n) is 4.96. The van der Waals surface area contributed by atoms with E-state index in [1.54, 1.807) is 12.1 Å². The van der Waals surface area contributed by atoms with Crippen molar-refractivity contribution in [3.05, 3.63) is 58.7 Å². The highest BCUT2D eigenvalue weighted by Gasteiger charge is 2.33. The normalized spacial score (nSPS) is 13.4. The number of quaternary nitrogens is 2. The lowest BCUT2D eigenvalue weighted by Gasteiger charge is -2.32. The molecule has 0 unspecified atom stereocenters. The molecule has 0 atom stereocenters. The topological polar surface area (TPSA) is 58.2 Å². The molecule has 0 aromatic heterocycles. The molecule has 0 aliphatic heterocycles. The summed E-state index contributed by atoms with van der Waals surface area (Å²) in [5, 5.41) is 6.98. The van der Waals surface area contributed by atoms with Crippen molar-refractivity contribution < 1.29 is 18.6 Å². The summed E-state index contributed by atoms with van der Waals surface area (Å²) in [6, 6.07) is 11.1. The Labute approximate surface area is 217 Å². The van der Waals surface area contributed by atoms with Crippen molar-refractivity contribution >= 4 is 22.9 Å². The Kier molecular flexibility index (Phi) is 9.31. The molecule has 2 aromatic rings. The molecule has 0 heterocycles. The first-order chi connectivity index (χ1) is 17.2. The van der Waals surface area contributed by atoms with E-state index in [2.05, 4.69) is 52.4 Å². The molecule has 2 N–H and O–H groups in total. The van der Waals surface area contributed by atoms with Crippen LogP contribution in [-0.4, -0.2) is 87.0 Å². The first-order valence-corrected chi connectivity index (χ1v) is 13.7. The number of nitrogens with zero attached hydrogens (tertiary/aromatic N) is 2. The molecule has 0 saturated heterocycles. The van der Waals surface area contributed by atoms with Crippen LogP contribution in [0, 0.1) is 0 Å². The lowest BCUT2D eigenvalue weighted by atomic mass is 9.82. The summed E-state index contributed by atoms with van der Waals surface area (Å²) in [6.07, 6.45) is 2.00. The summed E-state index contributed by atoms with van der Waals surface area (Å²) in [5.41, 5.74) is 3.52. The van der Waals surface area contributed by atoms with E-state index < -0.39 is 0 Å². The lowest BCUT2D eigenvalue weighted by Crippen LogP contribution is -2.44. The summed E-state index contributed by atoms with van der Waals surface area (Å²) >= 11 is 0. The summed E-state index contributed by atoms with van der Waals surface area (Å²) in [6.45, 7) is 17.0. The Bertz CT molecular complexity index is 987. The van der Waals surface area contributed by atoms with Crippen LogP contribution < -0.4 is 10.6 Å². The van der Waals surface area contributed by atoms with Gasteiger partial charge < -0.3 is 19.6 Å². The number of anilines is 2. The maximum Gasteiger partial charge on any atom is 0.196 e. The third-order valence-electron chi connectivity index (χ3n) is 8.51. The highest BCUT2D eigenvalue weighted by molar-refractivity contribution is 6.31. The predicted molar refractivity (Wildman–Crippen MR) is 150 cm³/mol. The van der Waals surface area contributed by atoms with E-state index in [9.17, 15) is 9.59 Å². The molecule has 1 aliphatic carbocycles. The molecule has 0 bridgehead atoms. The number of rotatable bonds is 14. The van der Waals surface area contributed by atoms with Gasteiger partial charge >= 0.3 is 0 Å². The highest BCUT2D eigenvalue weighted by atomic mass is 16.1. The number of benzene rings is 2. The van der Waals surface area contributed by atoms with Crippen molar-refractivity contribution in [3.63, 3.8) is 0 Å². The zero-order chi connectivity index (χ0) is 26.3. The van der Waals surface area contributed by atoms with Crippen LogP contribution >= 0.6 is 0 Å². The SMILES string of the molecule is CC[N+](C)(CC)CCCNc1ccc(NCCC[N+](C)(CC)CC)c2c1C(=O)c1ccccc1C2=O. The maximum absolute atomic E-state index is 13.6. The first kappa shape index (κ1) is 27.9. The Hall–Kier alpha value is -2.70. The number of fused-ring (bicyclic) bond motifs is 2. The Morgan fingerprint density at radius 3 is 1.31 bits per heavy atom. The molecule has 36 heavy (non-hydrogen) atoms. The Morgan fingerprint density at radius 1 is 0.611 bits per heavy atom. The zero-order valence-corrected chi connectivity index (χ0v) is 23.2. The molecule has 1 aliphatic rings. The monoisotopic (exact) mass is 494 g/mol. The summed E-state index contributed by atoms with van der Waals surface area (Å²) in [4.78, 5) is 27.2. The highest BCUT2D eigenvalue weighted by Crippen LogP contribution is 2.36. The second-order valence-corrected chi connectivity index (χ2v) is 10.6. The lowest BCUT2D eigenvalue weighted by molar-refractivity contribution is -0.906. The van der Waals surface area contributed by atoms with Gasteiger partial charge in [-0.15, -0.1) is 0 Å². The van der Waals surface area contributed by atoms with Crippen LogP contribution in [0.15, 0.2) is 36.4 Å². The molecular formula is C30H46N4O2+2. The minimum atomic E-state index is -0.0738. The van der Waals surface area contributed by atoms with Gasteiger partial charge in [0.15, 0.2) is 11.6 Å². The average Bonchev–Trinajstić information content (AvgIpc) is 2.91. The van der Waals surface area contributed by atoms with Crippen LogP contribution in [0.25, 0.3) is 0 Å². The third kappa shape index (κ3) is 5.98. The second kappa shape index (κ2) is 12.0. The molecule has 6 nitrogen and oxygen atoms in total. The number of carbonyl (C=O) groups excluding carboxylic acids is 2. The standard InChI is InChI=1S/C30H44N4O2/c1-7-33(5,8-2)21-13-19-31-25-17-18-26(32-20-14-22-34(6,9-3)10-4)28-27(25)29(35)23-15-11-12-16-24(23)30(28)36/h11-12,15-18H,7-10,13-14,19-22H2,1-6H3/p+2. The molecule has 0 saturated carbocycles. The second-order valence-electron chi connectivity index (χ2n) is 10.6. The van der Waals surface area contributed by atoms with Gasteiger partial charge in [0, 0.05) is 48.4 Å². The average molecular weight is 495 g/mol. The molecule has 3 rings (SSSR count). The number of nitrogens with one attached hydrogen (secondary N) is 2. The molecule has 2 aromatic carbocycles. The van der Waals surface area contributed by atoms with E-state index in [1.165, 1.54) is 0 Å². The van der Waals surface area contributed by atoms with E-state index in [4.69, 9.17) is 0 Å². The van der Waals surface area contributed by atoms with E-state index in [1.807, 2.05) is 24.3 Å². The van der Waals surface area contributed by atoms with Gasteiger partial charge in [-0.25, -0.2) is 0 Å². The first-order valence-electron chi connectivity index (χ1n) is 13.7. The van der Waals surface area contributed by atoms with Gasteiger partial charge in [0.2, 0.25) is 0 Å². The van der Waals surface area contributed by atoms with Crippen molar-refractivity contribution in [2.45, 2.75) is 40.5 Å². The van der Waals surface area contributed by atoms with Crippen molar-refractivity contribution in [1.29, 1.82) is 0 Å². The number of carbonyl (C=O) groups is 2. The molecule has 0 radical (unpaired) electrons. The summed E-state index contributed by atoms with van der Waals surface area (Å²) < 4.78 is 2.06. The van der Waals surface area contributed by atoms with Crippen molar-refractivity contribution in [2.24, 2.45) is 0 Å². The van der Waals surface area contributed by atoms with E-state index in [0.717, 1.165) is 85.5 Å². The summed E-state index contributed by atoms with van der Waals surface area (Å²) in [7, 11) is 4.56. The van der Waals surface area contributed by atoms with Crippen LogP contribution in [-0.2, 0) is 0 Å². The predicted octanol–water partition coefficient (Wildman–Crippen LogP) is 5.04. The molecule has 0 amide bonds. The zero-order valence-electron chi connectivity index (χ0n) is 23.2. The van der Waals surface area contributed by atoms with Gasteiger partial charge in [0.05, 0.1) is 64.5 Å². The third-order valence-corrected chi connectivity index (χ3v) is 8.51. The van der Waals surface area contributed by atoms with Gasteiger partial charge in [0.1, 0.15) is 0 Å². The minimum Gasteiger partial charge on any atom is -0.384 e. The smallest absolute Gasteiger partial charge is 0.196 e. The molecule has 0 spiro atoms. The van der Waals surface area contributed by atoms with Gasteiger partial charge in [-0.2, -0.15) is 0 Å². The molecule has 6 heteroatoms. The van der Waals surface area contributed by atoms with Gasteiger partial charge in [-0.3, -0.25) is 9.59 Å². The van der Waals surface area contributed by atoms with Gasteiger partial charge in [-0.1, -0.05) is 24.3 Å². The van der Waals surface area contributed by atoms with Crippen LogP contribution in [0.5, 0.6) is 0 Å². The fraction of sp³-hybridized carbons (Fsp3) is 0.533. The molecule has 196 valence electrons. The van der Waals surface area contributed by atoms with Crippen LogP contribution in [0.2, 0.25) is 0 Å². The minimum absolute atomic E-state index is 0.0738. The van der Waals surface area contributed by atoms with Gasteiger partial charge in [-0.05, 0) is 39.8 Å². The Balaban J connectivity index is 1.83. The number of hydrogen-bond donors (Lipinski definition) is 2. The quantitative estimate of drug-likeness (QED) is 0.244. The Morgan fingerprint density at radius 2 is 0.972 bits per heavy atom. The van der Waals surface area contributed by atoms with Gasteiger partial charge in [0.25, 0.3) is 0 Å². The largest absolute Gasteiger partial charge is 0.384 e. The molecule has 0 fully saturated rings. The number of ketones is 2. The summed E-state index contributed by atoms with van der Waals surface area (Å²) in [5.74, 6) is -0.148. The van der Waals surface area contributed by atoms with Crippen LogP contribution in [0.3, 0.4) is 0 Å². The van der Waals surface area contributed by atoms with Crippen molar-refractivity contribution in [2.75, 3.05) is 77.1 Å².